The molecule has 0 saturated heterocycles. The lowest BCUT2D eigenvalue weighted by atomic mass is 10.0. The maximum Gasteiger partial charge on any atom is 0.326 e. The van der Waals surface area contributed by atoms with Gasteiger partial charge in [-0.15, -0.1) is 0 Å². The first-order valence-electron chi connectivity index (χ1n) is 13.5. The summed E-state index contributed by atoms with van der Waals surface area (Å²) in [5, 5.41) is 45.9. The molecule has 1 aromatic carbocycles. The molecule has 5 atom stereocenters. The SMILES string of the molecule is NC(N)=NCCC[C@H](NC(=O)[C@H](CC(=O)O)NC(=O)[C@H](Cc1ccccc1)NC(=O)[C@H](CC(=O)O)NC(=O)[C@@H](N)CO)C(=O)O. The van der Waals surface area contributed by atoms with Crippen molar-refractivity contribution in [3.8, 4) is 0 Å². The van der Waals surface area contributed by atoms with Crippen molar-refractivity contribution >= 4 is 47.5 Å². The van der Waals surface area contributed by atoms with Crippen molar-refractivity contribution in [1.82, 2.24) is 21.3 Å². The average molecular weight is 639 g/mol. The maximum absolute atomic E-state index is 13.4. The summed E-state index contributed by atoms with van der Waals surface area (Å²) >= 11 is 0. The van der Waals surface area contributed by atoms with Gasteiger partial charge in [-0.2, -0.15) is 0 Å². The molecule has 4 amide bonds. The lowest BCUT2D eigenvalue weighted by Gasteiger charge is -2.25. The van der Waals surface area contributed by atoms with Crippen LogP contribution in [0.25, 0.3) is 0 Å². The van der Waals surface area contributed by atoms with Crippen LogP contribution in [0.5, 0.6) is 0 Å². The van der Waals surface area contributed by atoms with Crippen LogP contribution in [0.3, 0.4) is 0 Å². The first-order valence-corrected chi connectivity index (χ1v) is 13.5. The number of carboxylic acids is 3. The highest BCUT2D eigenvalue weighted by Crippen LogP contribution is 2.07. The van der Waals surface area contributed by atoms with Gasteiger partial charge in [0.05, 0.1) is 19.4 Å². The smallest absolute Gasteiger partial charge is 0.326 e. The zero-order chi connectivity index (χ0) is 34.1. The van der Waals surface area contributed by atoms with E-state index < -0.39 is 91.2 Å². The van der Waals surface area contributed by atoms with Crippen LogP contribution in [0.15, 0.2) is 35.3 Å². The van der Waals surface area contributed by atoms with E-state index in [0.717, 1.165) is 0 Å². The third-order valence-corrected chi connectivity index (χ3v) is 6.03. The Morgan fingerprint density at radius 1 is 0.711 bits per heavy atom. The Balaban J connectivity index is 3.24. The highest BCUT2D eigenvalue weighted by Gasteiger charge is 2.33. The molecule has 0 radical (unpaired) electrons. The van der Waals surface area contributed by atoms with Gasteiger partial charge < -0.3 is 58.9 Å². The number of hydrogen-bond acceptors (Lipinski definition) is 10. The van der Waals surface area contributed by atoms with Crippen LogP contribution in [0.4, 0.5) is 0 Å². The number of benzene rings is 1. The van der Waals surface area contributed by atoms with E-state index in [1.165, 1.54) is 0 Å². The molecule has 0 aliphatic rings. The number of nitrogens with two attached hydrogens (primary N) is 3. The van der Waals surface area contributed by atoms with Crippen molar-refractivity contribution in [3.05, 3.63) is 35.9 Å². The summed E-state index contributed by atoms with van der Waals surface area (Å²) in [6, 6.07) is 0.0239. The number of hydrogen-bond donors (Lipinski definition) is 11. The molecule has 19 nitrogen and oxygen atoms in total. The molecule has 0 saturated carbocycles. The van der Waals surface area contributed by atoms with E-state index in [9.17, 15) is 48.9 Å². The van der Waals surface area contributed by atoms with Crippen LogP contribution in [0, 0.1) is 0 Å². The van der Waals surface area contributed by atoms with Gasteiger partial charge in [-0.3, -0.25) is 33.8 Å². The molecule has 0 aliphatic carbocycles. The van der Waals surface area contributed by atoms with Gasteiger partial charge in [0.25, 0.3) is 0 Å². The number of rotatable bonds is 20. The number of guanidine groups is 1. The summed E-state index contributed by atoms with van der Waals surface area (Å²) in [6.45, 7) is -0.758. The lowest BCUT2D eigenvalue weighted by Crippen LogP contribution is -2.59. The van der Waals surface area contributed by atoms with E-state index >= 15 is 0 Å². The monoisotopic (exact) mass is 638 g/mol. The van der Waals surface area contributed by atoms with Gasteiger partial charge in [0, 0.05) is 13.0 Å². The molecular weight excluding hydrogens is 600 g/mol. The molecule has 1 aromatic rings. The van der Waals surface area contributed by atoms with Crippen molar-refractivity contribution in [1.29, 1.82) is 0 Å². The molecule has 14 N–H and O–H groups in total. The van der Waals surface area contributed by atoms with Crippen molar-refractivity contribution in [2.45, 2.75) is 62.3 Å². The number of carbonyl (C=O) groups is 7. The zero-order valence-electron chi connectivity index (χ0n) is 24.0. The van der Waals surface area contributed by atoms with Gasteiger partial charge in [-0.25, -0.2) is 4.79 Å². The zero-order valence-corrected chi connectivity index (χ0v) is 24.0. The van der Waals surface area contributed by atoms with Crippen molar-refractivity contribution in [2.24, 2.45) is 22.2 Å². The third-order valence-electron chi connectivity index (χ3n) is 6.03. The van der Waals surface area contributed by atoms with E-state index in [1.54, 1.807) is 30.3 Å². The number of aliphatic carboxylic acids is 3. The number of aliphatic hydroxyl groups is 1. The fourth-order valence-electron chi connectivity index (χ4n) is 3.77. The van der Waals surface area contributed by atoms with Crippen LogP contribution in [0.2, 0.25) is 0 Å². The van der Waals surface area contributed by atoms with Gasteiger partial charge >= 0.3 is 17.9 Å². The summed E-state index contributed by atoms with van der Waals surface area (Å²) < 4.78 is 0. The minimum atomic E-state index is -1.80. The van der Waals surface area contributed by atoms with Crippen molar-refractivity contribution < 1.29 is 54.0 Å². The molecule has 0 unspecified atom stereocenters. The molecular formula is C26H38N8O11. The molecule has 19 heteroatoms. The van der Waals surface area contributed by atoms with Crippen LogP contribution in [-0.4, -0.2) is 111 Å². The summed E-state index contributed by atoms with van der Waals surface area (Å²) in [4.78, 5) is 89.9. The van der Waals surface area contributed by atoms with Crippen molar-refractivity contribution in [2.75, 3.05) is 13.2 Å². The summed E-state index contributed by atoms with van der Waals surface area (Å²) in [5.74, 6) is -9.12. The molecule has 248 valence electrons. The van der Waals surface area contributed by atoms with E-state index in [1.807, 2.05) is 0 Å². The standard InChI is InChI=1S/C26H38N8O11/c27-14(12-35)21(40)32-17(10-19(36)37)24(43)33-16(9-13-5-2-1-3-6-13)22(41)34-18(11-20(38)39)23(42)31-15(25(44)45)7-4-8-30-26(28)29/h1-3,5-6,14-18,35H,4,7-12,27H2,(H,31,42)(H,32,40)(H,33,43)(H,34,41)(H,36,37)(H,38,39)(H,44,45)(H4,28,29,30)/t14-,15-,16-,17-,18-/m0/s1. The second-order valence-electron chi connectivity index (χ2n) is 9.71. The predicted octanol–water partition coefficient (Wildman–Crippen LogP) is -4.42. The van der Waals surface area contributed by atoms with Crippen LogP contribution < -0.4 is 38.5 Å². The van der Waals surface area contributed by atoms with E-state index in [0.29, 0.717) is 5.56 Å². The lowest BCUT2D eigenvalue weighted by molar-refractivity contribution is -0.143. The van der Waals surface area contributed by atoms with E-state index in [2.05, 4.69) is 26.3 Å². The van der Waals surface area contributed by atoms with E-state index in [4.69, 9.17) is 22.3 Å². The number of aliphatic hydroxyl groups excluding tert-OH is 1. The Morgan fingerprint density at radius 2 is 1.18 bits per heavy atom. The van der Waals surface area contributed by atoms with E-state index in [-0.39, 0.29) is 31.8 Å². The Kier molecular flexibility index (Phi) is 16.0. The quantitative estimate of drug-likeness (QED) is 0.0365. The first kappa shape index (κ1) is 37.7. The highest BCUT2D eigenvalue weighted by molar-refractivity contribution is 5.97. The van der Waals surface area contributed by atoms with Crippen LogP contribution >= 0.6 is 0 Å². The van der Waals surface area contributed by atoms with Gasteiger partial charge in [0.2, 0.25) is 23.6 Å². The normalized spacial score (nSPS) is 13.9. The second kappa shape index (κ2) is 19.1. The largest absolute Gasteiger partial charge is 0.481 e. The maximum atomic E-state index is 13.4. The summed E-state index contributed by atoms with van der Waals surface area (Å²) in [5.41, 5.74) is 16.4. The number of nitrogens with zero attached hydrogens (tertiary/aromatic N) is 1. The molecule has 0 heterocycles. The minimum absolute atomic E-state index is 0.0490. The first-order chi connectivity index (χ1) is 21.1. The molecule has 0 bridgehead atoms. The number of carboxylic acid groups (broad SMARTS) is 3. The average Bonchev–Trinajstić information content (AvgIpc) is 2.96. The molecule has 45 heavy (non-hydrogen) atoms. The number of amides is 4. The topological polar surface area (TPSA) is 339 Å². The number of nitrogens with one attached hydrogen (secondary N) is 4. The van der Waals surface area contributed by atoms with Gasteiger partial charge in [0.15, 0.2) is 5.96 Å². The molecule has 0 aromatic heterocycles. The Hall–Kier alpha value is -5.30. The fourth-order valence-corrected chi connectivity index (χ4v) is 3.77. The highest BCUT2D eigenvalue weighted by atomic mass is 16.4. The number of aliphatic imine (C=N–C) groups is 1. The third kappa shape index (κ3) is 14.6. The Bertz CT molecular complexity index is 1240. The van der Waals surface area contributed by atoms with Crippen LogP contribution in [0.1, 0.15) is 31.2 Å². The molecule has 0 spiro atoms. The van der Waals surface area contributed by atoms with Gasteiger partial charge in [0.1, 0.15) is 30.2 Å². The van der Waals surface area contributed by atoms with Crippen molar-refractivity contribution in [3.63, 3.8) is 0 Å². The molecule has 1 rings (SSSR count). The molecule has 0 aliphatic heterocycles. The minimum Gasteiger partial charge on any atom is -0.481 e. The Labute approximate surface area is 256 Å². The molecule has 0 fully saturated rings. The Morgan fingerprint density at radius 3 is 1.64 bits per heavy atom. The van der Waals surface area contributed by atoms with Gasteiger partial charge in [-0.05, 0) is 18.4 Å². The van der Waals surface area contributed by atoms with Crippen LogP contribution in [-0.2, 0) is 40.0 Å². The predicted molar refractivity (Wildman–Crippen MR) is 155 cm³/mol. The fraction of sp³-hybridized carbons (Fsp3) is 0.462. The summed E-state index contributed by atoms with van der Waals surface area (Å²) in [6.07, 6.45) is -2.14. The number of carbonyl (C=O) groups excluding carboxylic acids is 4. The second-order valence-corrected chi connectivity index (χ2v) is 9.71. The summed E-state index contributed by atoms with van der Waals surface area (Å²) in [7, 11) is 0. The van der Waals surface area contributed by atoms with Gasteiger partial charge in [-0.1, -0.05) is 30.3 Å².